The fraction of sp³-hybridized carbons (Fsp3) is 0.231. The van der Waals surface area contributed by atoms with Crippen LogP contribution in [0.5, 0.6) is 0 Å². The predicted molar refractivity (Wildman–Crippen MR) is 62.6 cm³/mol. The van der Waals surface area contributed by atoms with Gasteiger partial charge in [0.15, 0.2) is 0 Å². The van der Waals surface area contributed by atoms with Gasteiger partial charge in [-0.05, 0) is 23.3 Å². The Morgan fingerprint density at radius 3 is 2.47 bits per heavy atom. The molecule has 3 N–H and O–H groups in total. The van der Waals surface area contributed by atoms with Gasteiger partial charge in [0.1, 0.15) is 0 Å². The first-order valence-corrected chi connectivity index (χ1v) is 5.11. The van der Waals surface area contributed by atoms with Crippen molar-refractivity contribution in [2.45, 2.75) is 19.1 Å². The van der Waals surface area contributed by atoms with Crippen LogP contribution < -0.4 is 5.73 Å². The average molecular weight is 201 g/mol. The van der Waals surface area contributed by atoms with Crippen molar-refractivity contribution in [2.24, 2.45) is 5.73 Å². The summed E-state index contributed by atoms with van der Waals surface area (Å²) in [6.07, 6.45) is -0.532. The molecule has 0 saturated carbocycles. The summed E-state index contributed by atoms with van der Waals surface area (Å²) < 4.78 is 0. The van der Waals surface area contributed by atoms with Crippen LogP contribution in [0, 0.1) is 0 Å². The van der Waals surface area contributed by atoms with E-state index >= 15 is 0 Å². The highest BCUT2D eigenvalue weighted by Gasteiger charge is 2.13. The maximum atomic E-state index is 9.51. The van der Waals surface area contributed by atoms with Gasteiger partial charge in [0.25, 0.3) is 0 Å². The molecule has 0 heterocycles. The highest BCUT2D eigenvalue weighted by molar-refractivity contribution is 5.86. The molecule has 2 aromatic rings. The van der Waals surface area contributed by atoms with Gasteiger partial charge in [-0.25, -0.2) is 0 Å². The highest BCUT2D eigenvalue weighted by atomic mass is 16.3. The third-order valence-electron chi connectivity index (χ3n) is 2.70. The van der Waals surface area contributed by atoms with E-state index in [2.05, 4.69) is 0 Å². The van der Waals surface area contributed by atoms with Gasteiger partial charge in [0.05, 0.1) is 12.1 Å². The van der Waals surface area contributed by atoms with E-state index in [1.54, 1.807) is 6.92 Å². The molecule has 2 aromatic carbocycles. The van der Waals surface area contributed by atoms with Gasteiger partial charge < -0.3 is 10.8 Å². The van der Waals surface area contributed by atoms with Crippen LogP contribution in [0.2, 0.25) is 0 Å². The summed E-state index contributed by atoms with van der Waals surface area (Å²) in [5.74, 6) is 0. The quantitative estimate of drug-likeness (QED) is 0.782. The number of fused-ring (bicyclic) bond motifs is 1. The monoisotopic (exact) mass is 201 g/mol. The average Bonchev–Trinajstić information content (AvgIpc) is 2.27. The molecular weight excluding hydrogens is 186 g/mol. The lowest BCUT2D eigenvalue weighted by Gasteiger charge is -2.17. The molecule has 2 nitrogen and oxygen atoms in total. The Kier molecular flexibility index (Phi) is 2.71. The minimum absolute atomic E-state index is 0.323. The number of nitrogens with two attached hydrogens (primary N) is 1. The first-order chi connectivity index (χ1) is 7.20. The van der Waals surface area contributed by atoms with Gasteiger partial charge in [-0.15, -0.1) is 0 Å². The third-order valence-corrected chi connectivity index (χ3v) is 2.70. The Hall–Kier alpha value is -1.38. The van der Waals surface area contributed by atoms with Crippen LogP contribution >= 0.6 is 0 Å². The molecule has 78 valence electrons. The molecule has 0 radical (unpaired) electrons. The number of aliphatic hydroxyl groups excluding tert-OH is 1. The van der Waals surface area contributed by atoms with Crippen molar-refractivity contribution >= 4 is 10.8 Å². The summed E-state index contributed by atoms with van der Waals surface area (Å²) in [4.78, 5) is 0. The molecule has 0 bridgehead atoms. The topological polar surface area (TPSA) is 46.2 Å². The normalized spacial score (nSPS) is 15.1. The van der Waals surface area contributed by atoms with Crippen molar-refractivity contribution in [3.63, 3.8) is 0 Å². The highest BCUT2D eigenvalue weighted by Crippen LogP contribution is 2.24. The minimum atomic E-state index is -0.532. The van der Waals surface area contributed by atoms with E-state index in [4.69, 9.17) is 5.73 Å². The van der Waals surface area contributed by atoms with Crippen LogP contribution in [0.15, 0.2) is 42.5 Å². The van der Waals surface area contributed by atoms with Gasteiger partial charge in [-0.1, -0.05) is 42.5 Å². The van der Waals surface area contributed by atoms with Crippen LogP contribution in [0.4, 0.5) is 0 Å². The third kappa shape index (κ3) is 1.87. The second-order valence-electron chi connectivity index (χ2n) is 3.83. The first kappa shape index (κ1) is 10.1. The van der Waals surface area contributed by atoms with E-state index in [9.17, 15) is 5.11 Å². The molecule has 0 saturated heterocycles. The largest absolute Gasteiger partial charge is 0.391 e. The zero-order chi connectivity index (χ0) is 10.8. The minimum Gasteiger partial charge on any atom is -0.391 e. The van der Waals surface area contributed by atoms with Crippen molar-refractivity contribution < 1.29 is 5.11 Å². The zero-order valence-corrected chi connectivity index (χ0v) is 8.72. The molecule has 2 atom stereocenters. The van der Waals surface area contributed by atoms with E-state index < -0.39 is 6.10 Å². The van der Waals surface area contributed by atoms with Crippen LogP contribution in [0.3, 0.4) is 0 Å². The summed E-state index contributed by atoms with van der Waals surface area (Å²) in [5.41, 5.74) is 6.96. The van der Waals surface area contributed by atoms with Crippen LogP contribution in [-0.4, -0.2) is 11.2 Å². The molecule has 0 aromatic heterocycles. The molecule has 0 aliphatic carbocycles. The Morgan fingerprint density at radius 1 is 1.07 bits per heavy atom. The van der Waals surface area contributed by atoms with Crippen molar-refractivity contribution in [3.05, 3.63) is 48.0 Å². The van der Waals surface area contributed by atoms with Crippen molar-refractivity contribution in [3.8, 4) is 0 Å². The van der Waals surface area contributed by atoms with Crippen molar-refractivity contribution in [1.29, 1.82) is 0 Å². The fourth-order valence-electron chi connectivity index (χ4n) is 1.80. The second kappa shape index (κ2) is 4.01. The van der Waals surface area contributed by atoms with E-state index in [1.165, 1.54) is 0 Å². The molecular formula is C13H15NO. The van der Waals surface area contributed by atoms with E-state index in [-0.39, 0.29) is 6.04 Å². The van der Waals surface area contributed by atoms with Gasteiger partial charge in [0, 0.05) is 0 Å². The molecule has 0 aliphatic rings. The molecule has 0 spiro atoms. The van der Waals surface area contributed by atoms with Crippen LogP contribution in [0.25, 0.3) is 10.8 Å². The lowest BCUT2D eigenvalue weighted by Crippen LogP contribution is -2.23. The number of hydrogen-bond donors (Lipinski definition) is 2. The van der Waals surface area contributed by atoms with E-state index in [0.29, 0.717) is 0 Å². The standard InChI is InChI=1S/C13H15NO/c1-9(15)13(14)12-8-4-6-10-5-2-3-7-11(10)12/h2-9,13,15H,14H2,1H3/t9-,13-/m0/s1. The first-order valence-electron chi connectivity index (χ1n) is 5.11. The van der Waals surface area contributed by atoms with Crippen LogP contribution in [-0.2, 0) is 0 Å². The summed E-state index contributed by atoms with van der Waals surface area (Å²) in [5, 5.41) is 11.8. The van der Waals surface area contributed by atoms with E-state index in [0.717, 1.165) is 16.3 Å². The lowest BCUT2D eigenvalue weighted by atomic mass is 9.97. The predicted octanol–water partition coefficient (Wildman–Crippen LogP) is 2.22. The van der Waals surface area contributed by atoms with Gasteiger partial charge in [0.2, 0.25) is 0 Å². The number of rotatable bonds is 2. The van der Waals surface area contributed by atoms with E-state index in [1.807, 2.05) is 42.5 Å². The molecule has 15 heavy (non-hydrogen) atoms. The maximum absolute atomic E-state index is 9.51. The van der Waals surface area contributed by atoms with Gasteiger partial charge in [-0.2, -0.15) is 0 Å². The zero-order valence-electron chi connectivity index (χ0n) is 8.72. The molecule has 2 heteroatoms. The summed E-state index contributed by atoms with van der Waals surface area (Å²) >= 11 is 0. The van der Waals surface area contributed by atoms with Crippen molar-refractivity contribution in [2.75, 3.05) is 0 Å². The summed E-state index contributed by atoms with van der Waals surface area (Å²) in [6, 6.07) is 13.7. The lowest BCUT2D eigenvalue weighted by molar-refractivity contribution is 0.165. The Morgan fingerprint density at radius 2 is 1.73 bits per heavy atom. The molecule has 0 fully saturated rings. The second-order valence-corrected chi connectivity index (χ2v) is 3.83. The molecule has 2 rings (SSSR count). The molecule has 0 aliphatic heterocycles. The van der Waals surface area contributed by atoms with Crippen LogP contribution in [0.1, 0.15) is 18.5 Å². The smallest absolute Gasteiger partial charge is 0.0704 e. The fourth-order valence-corrected chi connectivity index (χ4v) is 1.80. The maximum Gasteiger partial charge on any atom is 0.0704 e. The Labute approximate surface area is 89.3 Å². The number of aliphatic hydroxyl groups is 1. The number of benzene rings is 2. The van der Waals surface area contributed by atoms with Crippen molar-refractivity contribution in [1.82, 2.24) is 0 Å². The Balaban J connectivity index is 2.60. The number of hydrogen-bond acceptors (Lipinski definition) is 2. The summed E-state index contributed by atoms with van der Waals surface area (Å²) in [7, 11) is 0. The summed E-state index contributed by atoms with van der Waals surface area (Å²) in [6.45, 7) is 1.71. The molecule has 0 amide bonds. The molecule has 0 unspecified atom stereocenters. The van der Waals surface area contributed by atoms with Gasteiger partial charge >= 0.3 is 0 Å². The Bertz CT molecular complexity index is 460. The van der Waals surface area contributed by atoms with Gasteiger partial charge in [-0.3, -0.25) is 0 Å². The SMILES string of the molecule is C[C@H](O)[C@H](N)c1cccc2ccccc12.